The van der Waals surface area contributed by atoms with Gasteiger partial charge in [0.15, 0.2) is 6.29 Å². The van der Waals surface area contributed by atoms with Crippen molar-refractivity contribution in [2.24, 2.45) is 0 Å². The summed E-state index contributed by atoms with van der Waals surface area (Å²) >= 11 is 0. The molecule has 16 heavy (non-hydrogen) atoms. The summed E-state index contributed by atoms with van der Waals surface area (Å²) in [6, 6.07) is 0. The summed E-state index contributed by atoms with van der Waals surface area (Å²) in [6.45, 7) is 10.3. The van der Waals surface area contributed by atoms with Gasteiger partial charge in [0.05, 0.1) is 6.61 Å². The molecule has 0 aromatic rings. The number of ether oxygens (including phenoxy) is 3. The van der Waals surface area contributed by atoms with E-state index in [9.17, 15) is 4.79 Å². The second kappa shape index (κ2) is 9.33. The minimum atomic E-state index is -0.446. The number of esters is 1. The Morgan fingerprint density at radius 1 is 1.44 bits per heavy atom. The molecule has 0 amide bonds. The molecule has 0 saturated heterocycles. The van der Waals surface area contributed by atoms with Crippen molar-refractivity contribution in [3.8, 4) is 0 Å². The Hall–Kier alpha value is -0.910. The molecule has 0 radical (unpaired) electrons. The first-order chi connectivity index (χ1) is 7.60. The molecule has 0 bridgehead atoms. The summed E-state index contributed by atoms with van der Waals surface area (Å²) in [7, 11) is 0. The van der Waals surface area contributed by atoms with Crippen LogP contribution in [-0.2, 0) is 19.0 Å². The summed E-state index contributed by atoms with van der Waals surface area (Å²) < 4.78 is 15.5. The molecule has 2 unspecified atom stereocenters. The largest absolute Gasteiger partial charge is 0.460 e. The first-order valence-electron chi connectivity index (χ1n) is 5.39. The smallest absolute Gasteiger partial charge is 0.330 e. The summed E-state index contributed by atoms with van der Waals surface area (Å²) in [6.07, 6.45) is 0.722. The van der Waals surface area contributed by atoms with Crippen LogP contribution in [0.3, 0.4) is 0 Å². The van der Waals surface area contributed by atoms with Crippen molar-refractivity contribution >= 4 is 5.97 Å². The van der Waals surface area contributed by atoms with Gasteiger partial charge in [0, 0.05) is 6.08 Å². The zero-order chi connectivity index (χ0) is 12.4. The van der Waals surface area contributed by atoms with Gasteiger partial charge in [-0.1, -0.05) is 13.5 Å². The Morgan fingerprint density at radius 2 is 2.12 bits per heavy atom. The van der Waals surface area contributed by atoms with E-state index in [0.717, 1.165) is 12.6 Å². The van der Waals surface area contributed by atoms with Gasteiger partial charge >= 0.3 is 5.97 Å². The fourth-order valence-corrected chi connectivity index (χ4v) is 1.08. The van der Waals surface area contributed by atoms with Gasteiger partial charge in [-0.25, -0.2) is 4.79 Å². The van der Waals surface area contributed by atoms with Gasteiger partial charge in [-0.3, -0.25) is 5.32 Å². The van der Waals surface area contributed by atoms with Crippen LogP contribution in [0.4, 0.5) is 0 Å². The number of carbonyl (C=O) groups is 1. The van der Waals surface area contributed by atoms with Crippen molar-refractivity contribution in [1.82, 2.24) is 5.32 Å². The molecule has 0 aliphatic carbocycles. The van der Waals surface area contributed by atoms with E-state index in [1.165, 1.54) is 0 Å². The number of rotatable bonds is 9. The molecular formula is C11H21NO4. The van der Waals surface area contributed by atoms with E-state index >= 15 is 0 Å². The predicted molar refractivity (Wildman–Crippen MR) is 60.8 cm³/mol. The standard InChI is InChI=1S/C11H21NO4/c1-5-11(13)15-8-7-14-10(4)16-9(3)12-6-2/h5,9-10,12H,1,6-8H2,2-4H3. The molecule has 0 aromatic carbocycles. The fourth-order valence-electron chi connectivity index (χ4n) is 1.08. The summed E-state index contributed by atoms with van der Waals surface area (Å²) in [4.78, 5) is 10.7. The average molecular weight is 231 g/mol. The third-order valence-corrected chi connectivity index (χ3v) is 1.73. The van der Waals surface area contributed by atoms with Crippen LogP contribution in [0.15, 0.2) is 12.7 Å². The Bertz CT molecular complexity index is 208. The van der Waals surface area contributed by atoms with Crippen LogP contribution in [-0.4, -0.2) is 38.2 Å². The summed E-state index contributed by atoms with van der Waals surface area (Å²) in [5, 5.41) is 3.09. The topological polar surface area (TPSA) is 56.8 Å². The zero-order valence-corrected chi connectivity index (χ0v) is 10.2. The van der Waals surface area contributed by atoms with Gasteiger partial charge in [0.25, 0.3) is 0 Å². The molecule has 2 atom stereocenters. The number of hydrogen-bond acceptors (Lipinski definition) is 5. The lowest BCUT2D eigenvalue weighted by molar-refractivity contribution is -0.171. The van der Waals surface area contributed by atoms with Gasteiger partial charge in [0.2, 0.25) is 0 Å². The molecule has 0 rings (SSSR count). The molecule has 0 aliphatic heterocycles. The lowest BCUT2D eigenvalue weighted by Crippen LogP contribution is -2.33. The van der Waals surface area contributed by atoms with Crippen LogP contribution in [0.5, 0.6) is 0 Å². The molecule has 94 valence electrons. The van der Waals surface area contributed by atoms with Crippen LogP contribution in [0.2, 0.25) is 0 Å². The first kappa shape index (κ1) is 15.1. The number of carbonyl (C=O) groups excluding carboxylic acids is 1. The van der Waals surface area contributed by atoms with Crippen molar-refractivity contribution in [2.75, 3.05) is 19.8 Å². The number of nitrogens with one attached hydrogen (secondary N) is 1. The fraction of sp³-hybridized carbons (Fsp3) is 0.727. The lowest BCUT2D eigenvalue weighted by atomic mass is 10.6. The Kier molecular flexibility index (Phi) is 8.80. The molecule has 0 heterocycles. The third kappa shape index (κ3) is 8.40. The molecule has 0 aliphatic rings. The molecule has 0 fully saturated rings. The van der Waals surface area contributed by atoms with Crippen molar-refractivity contribution in [3.63, 3.8) is 0 Å². The third-order valence-electron chi connectivity index (χ3n) is 1.73. The minimum absolute atomic E-state index is 0.0595. The van der Waals surface area contributed by atoms with Crippen LogP contribution in [0.1, 0.15) is 20.8 Å². The van der Waals surface area contributed by atoms with Crippen molar-refractivity contribution < 1.29 is 19.0 Å². The molecule has 0 spiro atoms. The molecular weight excluding hydrogens is 210 g/mol. The SMILES string of the molecule is C=CC(=O)OCCOC(C)OC(C)NCC. The van der Waals surface area contributed by atoms with Gasteiger partial charge in [0.1, 0.15) is 12.8 Å². The van der Waals surface area contributed by atoms with Crippen LogP contribution < -0.4 is 5.32 Å². The highest BCUT2D eigenvalue weighted by atomic mass is 16.7. The van der Waals surface area contributed by atoms with Crippen LogP contribution in [0.25, 0.3) is 0 Å². The minimum Gasteiger partial charge on any atom is -0.460 e. The highest BCUT2D eigenvalue weighted by Crippen LogP contribution is 1.97. The molecule has 5 nitrogen and oxygen atoms in total. The summed E-state index contributed by atoms with van der Waals surface area (Å²) in [5.41, 5.74) is 0. The van der Waals surface area contributed by atoms with Gasteiger partial charge in [-0.05, 0) is 20.4 Å². The second-order valence-electron chi connectivity index (χ2n) is 3.15. The quantitative estimate of drug-likeness (QED) is 0.278. The maximum Gasteiger partial charge on any atom is 0.330 e. The maximum absolute atomic E-state index is 10.7. The van der Waals surface area contributed by atoms with E-state index in [2.05, 4.69) is 11.9 Å². The van der Waals surface area contributed by atoms with E-state index in [1.807, 2.05) is 13.8 Å². The van der Waals surface area contributed by atoms with Crippen molar-refractivity contribution in [3.05, 3.63) is 12.7 Å². The molecule has 0 aromatic heterocycles. The molecule has 5 heteroatoms. The molecule has 1 N–H and O–H groups in total. The Morgan fingerprint density at radius 3 is 2.69 bits per heavy atom. The average Bonchev–Trinajstić information content (AvgIpc) is 2.24. The van der Waals surface area contributed by atoms with Crippen molar-refractivity contribution in [1.29, 1.82) is 0 Å². The molecule has 0 saturated carbocycles. The van der Waals surface area contributed by atoms with E-state index in [4.69, 9.17) is 14.2 Å². The first-order valence-corrected chi connectivity index (χ1v) is 5.39. The predicted octanol–water partition coefficient (Wildman–Crippen LogP) is 1.05. The van der Waals surface area contributed by atoms with Crippen LogP contribution >= 0.6 is 0 Å². The monoisotopic (exact) mass is 231 g/mol. The van der Waals surface area contributed by atoms with E-state index < -0.39 is 5.97 Å². The zero-order valence-electron chi connectivity index (χ0n) is 10.2. The summed E-state index contributed by atoms with van der Waals surface area (Å²) in [5.74, 6) is -0.446. The lowest BCUT2D eigenvalue weighted by Gasteiger charge is -2.19. The highest BCUT2D eigenvalue weighted by Gasteiger charge is 2.07. The van der Waals surface area contributed by atoms with Crippen molar-refractivity contribution in [2.45, 2.75) is 33.3 Å². The Balaban J connectivity index is 3.46. The van der Waals surface area contributed by atoms with Crippen LogP contribution in [0, 0.1) is 0 Å². The van der Waals surface area contributed by atoms with E-state index in [0.29, 0.717) is 6.61 Å². The van der Waals surface area contributed by atoms with Gasteiger partial charge in [-0.15, -0.1) is 0 Å². The maximum atomic E-state index is 10.7. The Labute approximate surface area is 96.8 Å². The normalized spacial score (nSPS) is 14.2. The highest BCUT2D eigenvalue weighted by molar-refractivity contribution is 5.81. The van der Waals surface area contributed by atoms with E-state index in [1.54, 1.807) is 6.92 Å². The second-order valence-corrected chi connectivity index (χ2v) is 3.15. The van der Waals surface area contributed by atoms with E-state index in [-0.39, 0.29) is 19.1 Å². The number of hydrogen-bond donors (Lipinski definition) is 1. The van der Waals surface area contributed by atoms with Gasteiger partial charge in [-0.2, -0.15) is 0 Å². The van der Waals surface area contributed by atoms with Gasteiger partial charge < -0.3 is 14.2 Å².